The van der Waals surface area contributed by atoms with Crippen LogP contribution in [0.5, 0.6) is 5.75 Å². The van der Waals surface area contributed by atoms with Crippen molar-refractivity contribution in [2.24, 2.45) is 0 Å². The van der Waals surface area contributed by atoms with Crippen molar-refractivity contribution in [3.8, 4) is 5.75 Å². The smallest absolute Gasteiger partial charge is 0.283 e. The Morgan fingerprint density at radius 1 is 1.08 bits per heavy atom. The quantitative estimate of drug-likeness (QED) is 0.816. The minimum Gasteiger partial charge on any atom is -0.495 e. The molecule has 1 aliphatic heterocycles. The number of rotatable bonds is 4. The first-order valence-electron chi connectivity index (χ1n) is 7.07. The number of hydrogen-bond acceptors (Lipinski definition) is 4. The van der Waals surface area contributed by atoms with E-state index in [0.717, 1.165) is 11.0 Å². The van der Waals surface area contributed by atoms with E-state index in [1.54, 1.807) is 24.3 Å². The Hall–Kier alpha value is -2.57. The zero-order chi connectivity index (χ0) is 18.1. The van der Waals surface area contributed by atoms with E-state index in [9.17, 15) is 14.0 Å². The standard InChI is InChI=1S/C17H11Cl2FN2O3/c1-25-13-5-3-2-4-12(13)22-16(23)14(19)15(17(22)24)21-9-6-7-11(20)10(18)8-9/h2-8,21H,1H3. The van der Waals surface area contributed by atoms with Crippen LogP contribution in [0.4, 0.5) is 15.8 Å². The Balaban J connectivity index is 1.95. The van der Waals surface area contributed by atoms with Crippen molar-refractivity contribution in [2.45, 2.75) is 0 Å². The number of nitrogens with one attached hydrogen (secondary N) is 1. The maximum Gasteiger partial charge on any atom is 0.283 e. The van der Waals surface area contributed by atoms with Gasteiger partial charge in [0.25, 0.3) is 11.8 Å². The predicted octanol–water partition coefficient (Wildman–Crippen LogP) is 3.92. The summed E-state index contributed by atoms with van der Waals surface area (Å²) in [5.74, 6) is -1.59. The zero-order valence-electron chi connectivity index (χ0n) is 12.8. The second-order valence-corrected chi connectivity index (χ2v) is 5.85. The Morgan fingerprint density at radius 3 is 2.48 bits per heavy atom. The van der Waals surface area contributed by atoms with Crippen LogP contribution in [0.2, 0.25) is 5.02 Å². The van der Waals surface area contributed by atoms with Crippen molar-refractivity contribution < 1.29 is 18.7 Å². The maximum atomic E-state index is 13.3. The fourth-order valence-electron chi connectivity index (χ4n) is 2.36. The first-order valence-corrected chi connectivity index (χ1v) is 7.83. The molecular weight excluding hydrogens is 370 g/mol. The summed E-state index contributed by atoms with van der Waals surface area (Å²) in [7, 11) is 1.43. The van der Waals surface area contributed by atoms with Crippen molar-refractivity contribution in [1.82, 2.24) is 0 Å². The van der Waals surface area contributed by atoms with Crippen molar-refractivity contribution in [1.29, 1.82) is 0 Å². The lowest BCUT2D eigenvalue weighted by Gasteiger charge is -2.17. The molecule has 0 bridgehead atoms. The molecule has 2 aromatic rings. The summed E-state index contributed by atoms with van der Waals surface area (Å²) in [4.78, 5) is 26.0. The highest BCUT2D eigenvalue weighted by atomic mass is 35.5. The molecule has 1 N–H and O–H groups in total. The molecule has 0 atom stereocenters. The van der Waals surface area contributed by atoms with E-state index in [2.05, 4.69) is 5.32 Å². The van der Waals surface area contributed by atoms with Gasteiger partial charge < -0.3 is 10.1 Å². The SMILES string of the molecule is COc1ccccc1N1C(=O)C(Cl)=C(Nc2ccc(F)c(Cl)c2)C1=O. The molecule has 0 aromatic heterocycles. The van der Waals surface area contributed by atoms with E-state index in [1.165, 1.54) is 19.2 Å². The van der Waals surface area contributed by atoms with Crippen LogP contribution in [0.1, 0.15) is 0 Å². The first kappa shape index (κ1) is 17.3. The second kappa shape index (κ2) is 6.74. The van der Waals surface area contributed by atoms with Crippen molar-refractivity contribution >= 4 is 46.4 Å². The van der Waals surface area contributed by atoms with Gasteiger partial charge in [-0.15, -0.1) is 0 Å². The van der Waals surface area contributed by atoms with Crippen LogP contribution in [-0.4, -0.2) is 18.9 Å². The fourth-order valence-corrected chi connectivity index (χ4v) is 2.76. The van der Waals surface area contributed by atoms with Crippen LogP contribution in [0.15, 0.2) is 53.2 Å². The third kappa shape index (κ3) is 3.06. The summed E-state index contributed by atoms with van der Waals surface area (Å²) in [5, 5.41) is 2.31. The second-order valence-electron chi connectivity index (χ2n) is 5.06. The van der Waals surface area contributed by atoms with E-state index < -0.39 is 17.6 Å². The molecule has 0 fully saturated rings. The summed E-state index contributed by atoms with van der Waals surface area (Å²) < 4.78 is 18.4. The Kier molecular flexibility index (Phi) is 4.65. The van der Waals surface area contributed by atoms with Gasteiger partial charge >= 0.3 is 0 Å². The molecule has 0 saturated heterocycles. The monoisotopic (exact) mass is 380 g/mol. The van der Waals surface area contributed by atoms with Crippen molar-refractivity contribution in [3.63, 3.8) is 0 Å². The van der Waals surface area contributed by atoms with Crippen LogP contribution in [0.25, 0.3) is 0 Å². The van der Waals surface area contributed by atoms with Crippen LogP contribution in [0.3, 0.4) is 0 Å². The number of halogens is 3. The number of amides is 2. The van der Waals surface area contributed by atoms with E-state index in [1.807, 2.05) is 0 Å². The molecule has 8 heteroatoms. The fraction of sp³-hybridized carbons (Fsp3) is 0.0588. The Labute approximate surface area is 152 Å². The van der Waals surface area contributed by atoms with E-state index in [4.69, 9.17) is 27.9 Å². The number of imide groups is 1. The predicted molar refractivity (Wildman–Crippen MR) is 93.4 cm³/mol. The average Bonchev–Trinajstić information content (AvgIpc) is 2.81. The van der Waals surface area contributed by atoms with E-state index in [0.29, 0.717) is 11.4 Å². The summed E-state index contributed by atoms with van der Waals surface area (Å²) in [5.41, 5.74) is 0.468. The highest BCUT2D eigenvalue weighted by Crippen LogP contribution is 2.35. The van der Waals surface area contributed by atoms with Gasteiger partial charge in [0.05, 0.1) is 17.8 Å². The number of anilines is 2. The lowest BCUT2D eigenvalue weighted by Crippen LogP contribution is -2.32. The molecule has 3 rings (SSSR count). The largest absolute Gasteiger partial charge is 0.495 e. The summed E-state index contributed by atoms with van der Waals surface area (Å²) >= 11 is 11.8. The molecular formula is C17H11Cl2FN2O3. The zero-order valence-corrected chi connectivity index (χ0v) is 14.4. The first-order chi connectivity index (χ1) is 11.9. The summed E-state index contributed by atoms with van der Waals surface area (Å²) in [6.07, 6.45) is 0. The Bertz CT molecular complexity index is 915. The highest BCUT2D eigenvalue weighted by molar-refractivity contribution is 6.53. The van der Waals surface area contributed by atoms with Crippen molar-refractivity contribution in [3.05, 3.63) is 64.0 Å². The van der Waals surface area contributed by atoms with Crippen LogP contribution in [0, 0.1) is 5.82 Å². The molecule has 0 unspecified atom stereocenters. The number of methoxy groups -OCH3 is 1. The molecule has 5 nitrogen and oxygen atoms in total. The molecule has 1 heterocycles. The van der Waals surface area contributed by atoms with Gasteiger partial charge in [0.15, 0.2) is 0 Å². The molecule has 2 aromatic carbocycles. The van der Waals surface area contributed by atoms with Gasteiger partial charge in [0, 0.05) is 5.69 Å². The highest BCUT2D eigenvalue weighted by Gasteiger charge is 2.40. The van der Waals surface area contributed by atoms with Gasteiger partial charge in [-0.25, -0.2) is 9.29 Å². The van der Waals surface area contributed by atoms with Gasteiger partial charge in [-0.05, 0) is 30.3 Å². The van der Waals surface area contributed by atoms with Gasteiger partial charge in [0.2, 0.25) is 0 Å². The summed E-state index contributed by atoms with van der Waals surface area (Å²) in [6.45, 7) is 0. The molecule has 0 saturated carbocycles. The molecule has 0 radical (unpaired) electrons. The van der Waals surface area contributed by atoms with Gasteiger partial charge in [-0.3, -0.25) is 9.59 Å². The molecule has 0 aliphatic carbocycles. The summed E-state index contributed by atoms with van der Waals surface area (Å²) in [6, 6.07) is 10.4. The van der Waals surface area contributed by atoms with Gasteiger partial charge in [0.1, 0.15) is 22.3 Å². The lowest BCUT2D eigenvalue weighted by atomic mass is 10.2. The number of nitrogens with zero attached hydrogens (tertiary/aromatic N) is 1. The number of carbonyl (C=O) groups is 2. The molecule has 0 spiro atoms. The van der Waals surface area contributed by atoms with Crippen LogP contribution in [-0.2, 0) is 9.59 Å². The molecule has 1 aliphatic rings. The van der Waals surface area contributed by atoms with E-state index >= 15 is 0 Å². The number of para-hydroxylation sites is 2. The van der Waals surface area contributed by atoms with Crippen LogP contribution < -0.4 is 15.0 Å². The molecule has 128 valence electrons. The number of carbonyl (C=O) groups excluding carboxylic acids is 2. The van der Waals surface area contributed by atoms with Gasteiger partial charge in [-0.2, -0.15) is 0 Å². The number of benzene rings is 2. The maximum absolute atomic E-state index is 13.3. The lowest BCUT2D eigenvalue weighted by molar-refractivity contribution is -0.120. The van der Waals surface area contributed by atoms with Gasteiger partial charge in [-0.1, -0.05) is 35.3 Å². The normalized spacial score (nSPS) is 14.3. The third-order valence-corrected chi connectivity index (χ3v) is 4.18. The average molecular weight is 381 g/mol. The number of ether oxygens (including phenoxy) is 1. The number of hydrogen-bond donors (Lipinski definition) is 1. The Morgan fingerprint density at radius 2 is 1.80 bits per heavy atom. The van der Waals surface area contributed by atoms with E-state index in [-0.39, 0.29) is 21.4 Å². The third-order valence-electron chi connectivity index (χ3n) is 3.54. The minimum absolute atomic E-state index is 0.125. The minimum atomic E-state index is -0.688. The topological polar surface area (TPSA) is 58.6 Å². The van der Waals surface area contributed by atoms with Crippen LogP contribution >= 0.6 is 23.2 Å². The van der Waals surface area contributed by atoms with Crippen molar-refractivity contribution in [2.75, 3.05) is 17.3 Å². The molecule has 2 amide bonds. The molecule has 25 heavy (non-hydrogen) atoms.